The van der Waals surface area contributed by atoms with Gasteiger partial charge in [0.1, 0.15) is 11.7 Å². The molecule has 2 amide bonds. The average Bonchev–Trinajstić information content (AvgIpc) is 3.30. The van der Waals surface area contributed by atoms with Crippen LogP contribution in [0, 0.1) is 5.92 Å². The van der Waals surface area contributed by atoms with E-state index in [-0.39, 0.29) is 23.9 Å². The lowest BCUT2D eigenvalue weighted by Gasteiger charge is -2.43. The maximum absolute atomic E-state index is 13.0. The minimum Gasteiger partial charge on any atom is -0.351 e. The molecular weight excluding hydrogens is 392 g/mol. The largest absolute Gasteiger partial charge is 0.351 e. The first kappa shape index (κ1) is 21.8. The maximum Gasteiger partial charge on any atom is 0.249 e. The highest BCUT2D eigenvalue weighted by atomic mass is 16.2. The Morgan fingerprint density at radius 2 is 1.90 bits per heavy atom. The van der Waals surface area contributed by atoms with Crippen LogP contribution in [0.2, 0.25) is 0 Å². The Hall–Kier alpha value is -2.38. The van der Waals surface area contributed by atoms with E-state index >= 15 is 0 Å². The zero-order valence-electron chi connectivity index (χ0n) is 19.3. The Morgan fingerprint density at radius 1 is 1.23 bits per heavy atom. The predicted octanol–water partition coefficient (Wildman–Crippen LogP) is 3.04. The fraction of sp³-hybridized carbons (Fsp3) is 0.739. The number of likely N-dealkylation sites (N-methyl/N-ethyl adjacent to an activating group) is 1. The topological polar surface area (TPSA) is 81.7 Å². The van der Waals surface area contributed by atoms with Crippen LogP contribution in [0.15, 0.2) is 6.20 Å². The molecule has 8 heteroatoms. The highest BCUT2D eigenvalue weighted by Crippen LogP contribution is 2.40. The molecule has 2 unspecified atom stereocenters. The number of aromatic nitrogens is 2. The number of nitrogens with zero attached hydrogens (tertiary/aromatic N) is 5. The number of fused-ring (bicyclic) bond motifs is 1. The van der Waals surface area contributed by atoms with Crippen molar-refractivity contribution in [2.24, 2.45) is 5.92 Å². The minimum absolute atomic E-state index is 0.136. The molecule has 170 valence electrons. The van der Waals surface area contributed by atoms with Gasteiger partial charge in [-0.25, -0.2) is 4.98 Å². The normalized spacial score (nSPS) is 23.8. The molecule has 1 saturated carbocycles. The second kappa shape index (κ2) is 9.01. The molecule has 1 N–H and O–H groups in total. The lowest BCUT2D eigenvalue weighted by Crippen LogP contribution is -2.55. The Bertz CT molecular complexity index is 816. The third-order valence-corrected chi connectivity index (χ3v) is 7.46. The standard InChI is InChI=1S/C23H36N6O2/c1-5-19-22(31)27(4)20-14-24-23(26-21(20)29(19)18-8-6-7-9-18)25-15(2)17-10-12-28(13-11-17)16(3)30/h14-15,17-19H,5-13H2,1-4H3,(H,24,25,26). The molecule has 3 heterocycles. The van der Waals surface area contributed by atoms with E-state index in [9.17, 15) is 9.59 Å². The number of piperidine rings is 1. The summed E-state index contributed by atoms with van der Waals surface area (Å²) >= 11 is 0. The van der Waals surface area contributed by atoms with Gasteiger partial charge in [0.2, 0.25) is 17.8 Å². The van der Waals surface area contributed by atoms with E-state index in [1.807, 2.05) is 11.9 Å². The molecule has 1 saturated heterocycles. The first-order valence-corrected chi connectivity index (χ1v) is 11.9. The van der Waals surface area contributed by atoms with Gasteiger partial charge in [-0.1, -0.05) is 19.8 Å². The summed E-state index contributed by atoms with van der Waals surface area (Å²) in [6.45, 7) is 7.54. The number of rotatable bonds is 5. The van der Waals surface area contributed by atoms with Crippen LogP contribution in [0.1, 0.15) is 65.7 Å². The number of carbonyl (C=O) groups excluding carboxylic acids is 2. The van der Waals surface area contributed by atoms with Gasteiger partial charge >= 0.3 is 0 Å². The SMILES string of the molecule is CCC1C(=O)N(C)c2cnc(NC(C)C3CCN(C(C)=O)CC3)nc2N1C1CCCC1. The van der Waals surface area contributed by atoms with Crippen molar-refractivity contribution in [1.29, 1.82) is 0 Å². The third kappa shape index (κ3) is 4.21. The minimum atomic E-state index is -0.156. The molecule has 1 aliphatic carbocycles. The van der Waals surface area contributed by atoms with Gasteiger partial charge in [0.15, 0.2) is 5.82 Å². The summed E-state index contributed by atoms with van der Waals surface area (Å²) in [5, 5.41) is 3.52. The summed E-state index contributed by atoms with van der Waals surface area (Å²) in [5.41, 5.74) is 0.801. The van der Waals surface area contributed by atoms with Crippen molar-refractivity contribution in [2.75, 3.05) is 35.3 Å². The zero-order chi connectivity index (χ0) is 22.1. The maximum atomic E-state index is 13.0. The molecule has 4 rings (SSSR count). The fourth-order valence-electron chi connectivity index (χ4n) is 5.49. The molecule has 1 aromatic rings. The molecule has 0 bridgehead atoms. The van der Waals surface area contributed by atoms with E-state index < -0.39 is 0 Å². The Labute approximate surface area is 185 Å². The van der Waals surface area contributed by atoms with Gasteiger partial charge in [0, 0.05) is 39.1 Å². The summed E-state index contributed by atoms with van der Waals surface area (Å²) in [4.78, 5) is 40.1. The fourth-order valence-corrected chi connectivity index (χ4v) is 5.49. The van der Waals surface area contributed by atoms with Gasteiger partial charge in [-0.15, -0.1) is 0 Å². The summed E-state index contributed by atoms with van der Waals surface area (Å²) in [5.74, 6) is 2.29. The van der Waals surface area contributed by atoms with Crippen molar-refractivity contribution in [1.82, 2.24) is 14.9 Å². The third-order valence-electron chi connectivity index (χ3n) is 7.46. The zero-order valence-corrected chi connectivity index (χ0v) is 19.3. The number of carbonyl (C=O) groups is 2. The van der Waals surface area contributed by atoms with Gasteiger partial charge in [-0.2, -0.15) is 4.98 Å². The smallest absolute Gasteiger partial charge is 0.249 e. The van der Waals surface area contributed by atoms with Crippen molar-refractivity contribution >= 4 is 29.3 Å². The highest BCUT2D eigenvalue weighted by molar-refractivity contribution is 6.04. The van der Waals surface area contributed by atoms with E-state index in [2.05, 4.69) is 29.0 Å². The van der Waals surface area contributed by atoms with E-state index in [0.29, 0.717) is 17.9 Å². The first-order chi connectivity index (χ1) is 14.9. The number of nitrogens with one attached hydrogen (secondary N) is 1. The number of hydrogen-bond acceptors (Lipinski definition) is 6. The van der Waals surface area contributed by atoms with E-state index in [1.165, 1.54) is 12.8 Å². The predicted molar refractivity (Wildman–Crippen MR) is 122 cm³/mol. The molecule has 0 spiro atoms. The highest BCUT2D eigenvalue weighted by Gasteiger charge is 2.41. The molecule has 0 radical (unpaired) electrons. The van der Waals surface area contributed by atoms with Gasteiger partial charge in [-0.3, -0.25) is 9.59 Å². The summed E-state index contributed by atoms with van der Waals surface area (Å²) < 4.78 is 0. The van der Waals surface area contributed by atoms with Gasteiger partial charge in [0.25, 0.3) is 0 Å². The number of hydrogen-bond donors (Lipinski definition) is 1. The molecular formula is C23H36N6O2. The van der Waals surface area contributed by atoms with Gasteiger partial charge in [0.05, 0.1) is 6.20 Å². The Kier molecular flexibility index (Phi) is 6.34. The second-order valence-corrected chi connectivity index (χ2v) is 9.35. The quantitative estimate of drug-likeness (QED) is 0.776. The van der Waals surface area contributed by atoms with Crippen molar-refractivity contribution in [3.8, 4) is 0 Å². The second-order valence-electron chi connectivity index (χ2n) is 9.35. The Morgan fingerprint density at radius 3 is 2.52 bits per heavy atom. The first-order valence-electron chi connectivity index (χ1n) is 11.9. The van der Waals surface area contributed by atoms with Crippen LogP contribution in [0.3, 0.4) is 0 Å². The van der Waals surface area contributed by atoms with Crippen molar-refractivity contribution in [3.05, 3.63) is 6.20 Å². The Balaban J connectivity index is 1.54. The van der Waals surface area contributed by atoms with Gasteiger partial charge < -0.3 is 20.0 Å². The molecule has 31 heavy (non-hydrogen) atoms. The van der Waals surface area contributed by atoms with E-state index in [0.717, 1.165) is 56.7 Å². The van der Waals surface area contributed by atoms with Crippen LogP contribution >= 0.6 is 0 Å². The van der Waals surface area contributed by atoms with Crippen molar-refractivity contribution in [3.63, 3.8) is 0 Å². The lowest BCUT2D eigenvalue weighted by molar-refractivity contribution is -0.130. The summed E-state index contributed by atoms with van der Waals surface area (Å²) in [6, 6.07) is 0.436. The summed E-state index contributed by atoms with van der Waals surface area (Å²) in [7, 11) is 1.83. The number of amides is 2. The molecule has 2 atom stereocenters. The number of likely N-dealkylation sites (tertiary alicyclic amines) is 1. The average molecular weight is 429 g/mol. The monoisotopic (exact) mass is 428 g/mol. The van der Waals surface area contributed by atoms with Crippen LogP contribution < -0.4 is 15.1 Å². The van der Waals surface area contributed by atoms with E-state index in [1.54, 1.807) is 18.0 Å². The van der Waals surface area contributed by atoms with Crippen molar-refractivity contribution in [2.45, 2.75) is 83.8 Å². The van der Waals surface area contributed by atoms with Crippen LogP contribution in [0.4, 0.5) is 17.5 Å². The van der Waals surface area contributed by atoms with Crippen LogP contribution in [0.25, 0.3) is 0 Å². The molecule has 3 aliphatic rings. The van der Waals surface area contributed by atoms with Crippen LogP contribution in [-0.4, -0.2) is 64.9 Å². The number of anilines is 3. The van der Waals surface area contributed by atoms with Crippen molar-refractivity contribution < 1.29 is 9.59 Å². The lowest BCUT2D eigenvalue weighted by atomic mass is 9.90. The van der Waals surface area contributed by atoms with E-state index in [4.69, 9.17) is 4.98 Å². The van der Waals surface area contributed by atoms with Crippen LogP contribution in [0.5, 0.6) is 0 Å². The molecule has 2 aliphatic heterocycles. The molecule has 8 nitrogen and oxygen atoms in total. The van der Waals surface area contributed by atoms with Crippen LogP contribution in [-0.2, 0) is 9.59 Å². The van der Waals surface area contributed by atoms with Gasteiger partial charge in [-0.05, 0) is 44.9 Å². The molecule has 2 fully saturated rings. The molecule has 1 aromatic heterocycles. The molecule has 0 aromatic carbocycles. The summed E-state index contributed by atoms with van der Waals surface area (Å²) in [6.07, 6.45) is 9.20.